The first-order valence-electron chi connectivity index (χ1n) is 3.67. The first-order chi connectivity index (χ1) is 7.27. The SMILES string of the molecule is N#Cc1[nH]c(C(F)F)cc(=O)c1S(=O)(=O)Cl. The number of hydrogen-bond acceptors (Lipinski definition) is 4. The summed E-state index contributed by atoms with van der Waals surface area (Å²) in [6.07, 6.45) is -3.02. The van der Waals surface area contributed by atoms with Crippen LogP contribution in [-0.2, 0) is 9.05 Å². The van der Waals surface area contributed by atoms with Crippen LogP contribution in [0.4, 0.5) is 8.78 Å². The number of pyridine rings is 1. The van der Waals surface area contributed by atoms with Crippen molar-refractivity contribution in [3.8, 4) is 6.07 Å². The Balaban J connectivity index is 3.69. The van der Waals surface area contributed by atoms with Gasteiger partial charge in [0.2, 0.25) is 5.43 Å². The minimum absolute atomic E-state index is 0.390. The van der Waals surface area contributed by atoms with E-state index in [9.17, 15) is 22.0 Å². The Labute approximate surface area is 92.7 Å². The molecule has 0 amide bonds. The molecule has 9 heteroatoms. The van der Waals surface area contributed by atoms with Gasteiger partial charge in [0.1, 0.15) is 11.8 Å². The Bertz CT molecular complexity index is 617. The maximum absolute atomic E-state index is 12.2. The summed E-state index contributed by atoms with van der Waals surface area (Å²) < 4.78 is 46.3. The fourth-order valence-corrected chi connectivity index (χ4v) is 2.10. The molecule has 5 nitrogen and oxygen atoms in total. The van der Waals surface area contributed by atoms with Gasteiger partial charge in [0.15, 0.2) is 4.90 Å². The summed E-state index contributed by atoms with van der Waals surface area (Å²) in [4.78, 5) is 12.0. The fraction of sp³-hybridized carbons (Fsp3) is 0.143. The van der Waals surface area contributed by atoms with E-state index in [0.717, 1.165) is 0 Å². The molecular weight excluding hydrogens is 266 g/mol. The lowest BCUT2D eigenvalue weighted by Crippen LogP contribution is -2.16. The molecule has 86 valence electrons. The molecule has 0 aliphatic heterocycles. The highest BCUT2D eigenvalue weighted by Gasteiger charge is 2.23. The normalized spacial score (nSPS) is 11.4. The zero-order valence-electron chi connectivity index (χ0n) is 7.37. The van der Waals surface area contributed by atoms with Crippen molar-refractivity contribution >= 4 is 19.7 Å². The maximum Gasteiger partial charge on any atom is 0.278 e. The number of aromatic nitrogens is 1. The summed E-state index contributed by atoms with van der Waals surface area (Å²) in [7, 11) is 0.436. The van der Waals surface area contributed by atoms with Crippen molar-refractivity contribution in [2.24, 2.45) is 0 Å². The third-order valence-electron chi connectivity index (χ3n) is 1.60. The van der Waals surface area contributed by atoms with Gasteiger partial charge in [-0.25, -0.2) is 17.2 Å². The highest BCUT2D eigenvalue weighted by Crippen LogP contribution is 2.19. The summed E-state index contributed by atoms with van der Waals surface area (Å²) in [5, 5.41) is 8.52. The third-order valence-corrected chi connectivity index (χ3v) is 2.95. The van der Waals surface area contributed by atoms with Gasteiger partial charge in [-0.3, -0.25) is 4.79 Å². The zero-order valence-corrected chi connectivity index (χ0v) is 8.94. The molecule has 1 aromatic rings. The Morgan fingerprint density at radius 1 is 1.50 bits per heavy atom. The van der Waals surface area contributed by atoms with Crippen molar-refractivity contribution < 1.29 is 17.2 Å². The van der Waals surface area contributed by atoms with Crippen LogP contribution in [0.15, 0.2) is 15.8 Å². The maximum atomic E-state index is 12.2. The number of hydrogen-bond donors (Lipinski definition) is 1. The molecular formula is C7H3ClF2N2O3S. The van der Waals surface area contributed by atoms with Gasteiger partial charge in [-0.1, -0.05) is 0 Å². The van der Waals surface area contributed by atoms with E-state index in [0.29, 0.717) is 6.07 Å². The second kappa shape index (κ2) is 4.19. The van der Waals surface area contributed by atoms with Crippen LogP contribution in [0.5, 0.6) is 0 Å². The molecule has 1 aromatic heterocycles. The van der Waals surface area contributed by atoms with Crippen LogP contribution in [0.25, 0.3) is 0 Å². The van der Waals surface area contributed by atoms with E-state index in [1.54, 1.807) is 0 Å². The van der Waals surface area contributed by atoms with Gasteiger partial charge in [0.05, 0.1) is 5.69 Å². The fourth-order valence-electron chi connectivity index (χ4n) is 1.01. The molecule has 0 unspecified atom stereocenters. The van der Waals surface area contributed by atoms with Crippen molar-refractivity contribution in [1.82, 2.24) is 4.98 Å². The first kappa shape index (κ1) is 12.6. The second-order valence-electron chi connectivity index (χ2n) is 2.64. The lowest BCUT2D eigenvalue weighted by Gasteiger charge is -2.03. The first-order valence-corrected chi connectivity index (χ1v) is 5.98. The topological polar surface area (TPSA) is 90.8 Å². The number of nitrogens with zero attached hydrogens (tertiary/aromatic N) is 1. The smallest absolute Gasteiger partial charge is 0.278 e. The van der Waals surface area contributed by atoms with Gasteiger partial charge >= 0.3 is 0 Å². The molecule has 0 aliphatic rings. The number of aromatic amines is 1. The van der Waals surface area contributed by atoms with Crippen molar-refractivity contribution in [3.63, 3.8) is 0 Å². The minimum Gasteiger partial charge on any atom is -0.344 e. The van der Waals surface area contributed by atoms with Crippen LogP contribution in [0, 0.1) is 11.3 Å². The van der Waals surface area contributed by atoms with Crippen LogP contribution < -0.4 is 5.43 Å². The molecule has 0 aromatic carbocycles. The van der Waals surface area contributed by atoms with E-state index in [2.05, 4.69) is 0 Å². The van der Waals surface area contributed by atoms with Gasteiger partial charge in [0.25, 0.3) is 15.5 Å². The Kier molecular flexibility index (Phi) is 3.30. The zero-order chi connectivity index (χ0) is 12.5. The van der Waals surface area contributed by atoms with E-state index in [1.165, 1.54) is 6.07 Å². The molecule has 16 heavy (non-hydrogen) atoms. The molecule has 1 N–H and O–H groups in total. The summed E-state index contributed by atoms with van der Waals surface area (Å²) >= 11 is 0. The Hall–Kier alpha value is -1.46. The molecule has 0 aliphatic carbocycles. The van der Waals surface area contributed by atoms with Crippen molar-refractivity contribution in [2.75, 3.05) is 0 Å². The molecule has 0 saturated carbocycles. The van der Waals surface area contributed by atoms with Crippen molar-refractivity contribution in [1.29, 1.82) is 5.26 Å². The molecule has 0 saturated heterocycles. The number of rotatable bonds is 2. The molecule has 0 atom stereocenters. The van der Waals surface area contributed by atoms with E-state index in [4.69, 9.17) is 15.9 Å². The van der Waals surface area contributed by atoms with E-state index < -0.39 is 37.2 Å². The lowest BCUT2D eigenvalue weighted by molar-refractivity contribution is 0.145. The van der Waals surface area contributed by atoms with Gasteiger partial charge in [-0.15, -0.1) is 0 Å². The molecule has 1 heterocycles. The van der Waals surface area contributed by atoms with Gasteiger partial charge < -0.3 is 4.98 Å². The number of alkyl halides is 2. The average Bonchev–Trinajstić information content (AvgIpc) is 2.14. The largest absolute Gasteiger partial charge is 0.344 e. The summed E-state index contributed by atoms with van der Waals surface area (Å²) in [6, 6.07) is 1.68. The highest BCUT2D eigenvalue weighted by molar-refractivity contribution is 8.13. The summed E-state index contributed by atoms with van der Waals surface area (Å²) in [6.45, 7) is 0. The lowest BCUT2D eigenvalue weighted by atomic mass is 10.3. The quantitative estimate of drug-likeness (QED) is 0.814. The van der Waals surface area contributed by atoms with Gasteiger partial charge in [0, 0.05) is 16.7 Å². The summed E-state index contributed by atoms with van der Waals surface area (Å²) in [5.41, 5.74) is -2.90. The number of H-pyrrole nitrogens is 1. The number of nitrogens with one attached hydrogen (secondary N) is 1. The number of nitriles is 1. The molecule has 0 radical (unpaired) electrons. The van der Waals surface area contributed by atoms with Crippen LogP contribution >= 0.6 is 10.7 Å². The minimum atomic E-state index is -4.46. The van der Waals surface area contributed by atoms with Crippen LogP contribution in [0.2, 0.25) is 0 Å². The van der Waals surface area contributed by atoms with E-state index in [1.807, 2.05) is 4.98 Å². The standard InChI is InChI=1S/C7H3ClF2N2O3S/c8-16(14,15)6-4(2-11)12-3(7(9)10)1-5(6)13/h1,7H,(H,12,13). The molecule has 1 rings (SSSR count). The predicted molar refractivity (Wildman–Crippen MR) is 49.8 cm³/mol. The predicted octanol–water partition coefficient (Wildman–Crippen LogP) is 1.11. The monoisotopic (exact) mass is 268 g/mol. The summed E-state index contributed by atoms with van der Waals surface area (Å²) in [5.74, 6) is 0. The van der Waals surface area contributed by atoms with Crippen LogP contribution in [0.1, 0.15) is 17.8 Å². The van der Waals surface area contributed by atoms with Crippen LogP contribution in [0.3, 0.4) is 0 Å². The molecule has 0 fully saturated rings. The average molecular weight is 269 g/mol. The van der Waals surface area contributed by atoms with Gasteiger partial charge in [-0.2, -0.15) is 5.26 Å². The van der Waals surface area contributed by atoms with Gasteiger partial charge in [-0.05, 0) is 0 Å². The van der Waals surface area contributed by atoms with Crippen molar-refractivity contribution in [3.05, 3.63) is 27.7 Å². The van der Waals surface area contributed by atoms with Crippen molar-refractivity contribution in [2.45, 2.75) is 11.3 Å². The highest BCUT2D eigenvalue weighted by atomic mass is 35.7. The second-order valence-corrected chi connectivity index (χ2v) is 5.15. The Morgan fingerprint density at radius 2 is 2.06 bits per heavy atom. The van der Waals surface area contributed by atoms with E-state index in [-0.39, 0.29) is 0 Å². The van der Waals surface area contributed by atoms with E-state index >= 15 is 0 Å². The molecule has 0 spiro atoms. The molecule has 0 bridgehead atoms. The van der Waals surface area contributed by atoms with Crippen LogP contribution in [-0.4, -0.2) is 13.4 Å². The Morgan fingerprint density at radius 3 is 2.44 bits per heavy atom. The number of halogens is 3. The third kappa shape index (κ3) is 2.37.